The summed E-state index contributed by atoms with van der Waals surface area (Å²) >= 11 is 0. The Balaban J connectivity index is 0. The molecule has 0 saturated heterocycles. The summed E-state index contributed by atoms with van der Waals surface area (Å²) in [6, 6.07) is 0. The Morgan fingerprint density at radius 3 is 2.38 bits per heavy atom. The van der Waals surface area contributed by atoms with Crippen molar-refractivity contribution >= 4 is 6.21 Å². The van der Waals surface area contributed by atoms with Crippen LogP contribution < -0.4 is 5.32 Å². The van der Waals surface area contributed by atoms with Gasteiger partial charge >= 0.3 is 0 Å². The van der Waals surface area contributed by atoms with Gasteiger partial charge in [0, 0.05) is 32.7 Å². The molecule has 1 heterocycles. The third-order valence-corrected chi connectivity index (χ3v) is 1.30. The molecule has 0 aliphatic carbocycles. The third kappa shape index (κ3) is 5.95. The van der Waals surface area contributed by atoms with Crippen LogP contribution in [0.2, 0.25) is 0 Å². The Labute approximate surface area is 106 Å². The zero-order chi connectivity index (χ0) is 9.40. The van der Waals surface area contributed by atoms with Crippen LogP contribution in [-0.2, 0) is 32.7 Å². The molecule has 0 unspecified atom stereocenters. The molecule has 0 aromatic rings. The van der Waals surface area contributed by atoms with Gasteiger partial charge in [0.05, 0.1) is 0 Å². The van der Waals surface area contributed by atoms with E-state index >= 15 is 0 Å². The molecule has 0 spiro atoms. The zero-order valence-corrected chi connectivity index (χ0v) is 11.2. The molecule has 2 N–H and O–H groups in total. The summed E-state index contributed by atoms with van der Waals surface area (Å²) in [6.07, 6.45) is 9.89. The van der Waals surface area contributed by atoms with E-state index in [-0.39, 0.29) is 32.7 Å². The van der Waals surface area contributed by atoms with Gasteiger partial charge in [-0.2, -0.15) is 11.8 Å². The van der Waals surface area contributed by atoms with Gasteiger partial charge in [-0.05, 0) is 12.3 Å². The average Bonchev–Trinajstić information content (AvgIpc) is 2.21. The van der Waals surface area contributed by atoms with Gasteiger partial charge in [-0.3, -0.25) is 0 Å². The van der Waals surface area contributed by atoms with E-state index in [1.54, 1.807) is 0 Å². The molecular weight excluding hydrogens is 237 g/mol. The van der Waals surface area contributed by atoms with Crippen LogP contribution >= 0.6 is 0 Å². The van der Waals surface area contributed by atoms with Crippen LogP contribution in [-0.4, -0.2) is 6.21 Å². The molecule has 0 aromatic carbocycles. The molecule has 0 fully saturated rings. The number of hydrogen-bond acceptors (Lipinski definition) is 2. The largest absolute Gasteiger partial charge is 0.439 e. The summed E-state index contributed by atoms with van der Waals surface area (Å²) in [7, 11) is 0. The molecule has 1 aliphatic heterocycles. The maximum Gasteiger partial charge on any atom is 0 e. The van der Waals surface area contributed by atoms with E-state index < -0.39 is 0 Å². The van der Waals surface area contributed by atoms with Crippen LogP contribution in [0.25, 0.3) is 0 Å². The van der Waals surface area contributed by atoms with Crippen molar-refractivity contribution in [2.75, 3.05) is 0 Å². The number of allylic oxidation sites excluding steroid dienone is 4. The summed E-state index contributed by atoms with van der Waals surface area (Å²) in [5.41, 5.74) is 1.76. The summed E-state index contributed by atoms with van der Waals surface area (Å²) in [6.45, 7) is 5.85. The van der Waals surface area contributed by atoms with E-state index in [1.165, 1.54) is 0 Å². The molecular formula is C10H15N2Y-. The van der Waals surface area contributed by atoms with E-state index in [9.17, 15) is 0 Å². The first-order chi connectivity index (χ1) is 5.84. The Kier molecular flexibility index (Phi) is 11.6. The second-order valence-corrected chi connectivity index (χ2v) is 2.03. The fraction of sp³-hybridized carbons (Fsp3) is 0.300. The Morgan fingerprint density at radius 1 is 1.38 bits per heavy atom. The van der Waals surface area contributed by atoms with E-state index in [4.69, 9.17) is 5.41 Å². The first-order valence-corrected chi connectivity index (χ1v) is 4.08. The fourth-order valence-electron chi connectivity index (χ4n) is 0.694. The van der Waals surface area contributed by atoms with Crippen LogP contribution in [0.15, 0.2) is 35.7 Å². The fourth-order valence-corrected chi connectivity index (χ4v) is 0.694. The summed E-state index contributed by atoms with van der Waals surface area (Å²) in [5, 5.41) is 9.84. The van der Waals surface area contributed by atoms with Gasteiger partial charge in [-0.15, -0.1) is 11.8 Å². The summed E-state index contributed by atoms with van der Waals surface area (Å²) in [5.74, 6) is 0. The number of hydrogen-bond donors (Lipinski definition) is 2. The van der Waals surface area contributed by atoms with E-state index in [0.29, 0.717) is 0 Å². The molecule has 0 amide bonds. The average molecular weight is 252 g/mol. The van der Waals surface area contributed by atoms with Gasteiger partial charge in [0.2, 0.25) is 0 Å². The standard InChI is InChI=1S/C8H9N2.C2H6.Y/c1-7(6-9)8-4-2-3-5-10-8;1-2;/h2-5,9-10H,1H3;1-2H3;/q-1;;/b8-7-;;. The zero-order valence-electron chi connectivity index (χ0n) is 8.39. The minimum absolute atomic E-state index is 0. The van der Waals surface area contributed by atoms with E-state index in [2.05, 4.69) is 11.5 Å². The Hall–Kier alpha value is -0.206. The van der Waals surface area contributed by atoms with Crippen molar-refractivity contribution in [2.24, 2.45) is 0 Å². The quantitative estimate of drug-likeness (QED) is 0.546. The normalized spacial score (nSPS) is 15.9. The van der Waals surface area contributed by atoms with Crippen molar-refractivity contribution in [1.82, 2.24) is 5.32 Å². The number of rotatable bonds is 1. The summed E-state index contributed by atoms with van der Waals surface area (Å²) < 4.78 is 0. The minimum Gasteiger partial charge on any atom is -0.439 e. The molecule has 2 nitrogen and oxygen atoms in total. The van der Waals surface area contributed by atoms with Crippen LogP contribution in [0.3, 0.4) is 0 Å². The molecule has 13 heavy (non-hydrogen) atoms. The monoisotopic (exact) mass is 252 g/mol. The van der Waals surface area contributed by atoms with Gasteiger partial charge in [0.25, 0.3) is 0 Å². The van der Waals surface area contributed by atoms with Crippen LogP contribution in [0.5, 0.6) is 0 Å². The first-order valence-electron chi connectivity index (χ1n) is 4.08. The van der Waals surface area contributed by atoms with Crippen molar-refractivity contribution in [2.45, 2.75) is 20.8 Å². The van der Waals surface area contributed by atoms with Crippen LogP contribution in [0.1, 0.15) is 20.8 Å². The second-order valence-electron chi connectivity index (χ2n) is 2.03. The maximum atomic E-state index is 6.84. The van der Waals surface area contributed by atoms with Crippen molar-refractivity contribution < 1.29 is 32.7 Å². The second kappa shape index (κ2) is 9.88. The van der Waals surface area contributed by atoms with E-state index in [1.807, 2.05) is 45.2 Å². The van der Waals surface area contributed by atoms with Crippen molar-refractivity contribution in [3.63, 3.8) is 0 Å². The van der Waals surface area contributed by atoms with Crippen molar-refractivity contribution in [3.8, 4) is 0 Å². The van der Waals surface area contributed by atoms with Gasteiger partial charge in [0.1, 0.15) is 0 Å². The third-order valence-electron chi connectivity index (χ3n) is 1.30. The molecule has 1 aliphatic rings. The predicted molar refractivity (Wildman–Crippen MR) is 53.2 cm³/mol. The molecule has 3 heteroatoms. The molecule has 69 valence electrons. The van der Waals surface area contributed by atoms with Crippen LogP contribution in [0.4, 0.5) is 0 Å². The topological polar surface area (TPSA) is 35.9 Å². The SMILES string of the molecule is C/C([C-]=N)=C1\C=CC=CN1.CC.[Y]. The maximum absolute atomic E-state index is 6.84. The Morgan fingerprint density at radius 2 is 2.00 bits per heavy atom. The van der Waals surface area contributed by atoms with E-state index in [0.717, 1.165) is 11.3 Å². The van der Waals surface area contributed by atoms with Gasteiger partial charge in [-0.1, -0.05) is 26.8 Å². The first kappa shape index (κ1) is 15.3. The molecule has 0 bridgehead atoms. The molecule has 0 aromatic heterocycles. The molecule has 0 atom stereocenters. The van der Waals surface area contributed by atoms with Crippen molar-refractivity contribution in [1.29, 1.82) is 5.41 Å². The number of dihydropyridines is 1. The predicted octanol–water partition coefficient (Wildman–Crippen LogP) is 2.48. The van der Waals surface area contributed by atoms with Gasteiger partial charge in [0.15, 0.2) is 0 Å². The van der Waals surface area contributed by atoms with Gasteiger partial charge in [-0.25, -0.2) is 0 Å². The van der Waals surface area contributed by atoms with Gasteiger partial charge < -0.3 is 10.7 Å². The van der Waals surface area contributed by atoms with Crippen LogP contribution in [0, 0.1) is 5.41 Å². The molecule has 1 rings (SSSR count). The van der Waals surface area contributed by atoms with Crippen molar-refractivity contribution in [3.05, 3.63) is 35.7 Å². The summed E-state index contributed by atoms with van der Waals surface area (Å²) in [4.78, 5) is 0. The minimum atomic E-state index is 0. The Bertz CT molecular complexity index is 227. The number of nitrogens with one attached hydrogen (secondary N) is 2. The smallest absolute Gasteiger partial charge is 0 e. The molecule has 0 saturated carbocycles. The molecule has 1 radical (unpaired) electrons.